The predicted octanol–water partition coefficient (Wildman–Crippen LogP) is 3.69. The van der Waals surface area contributed by atoms with E-state index in [1.54, 1.807) is 6.92 Å². The Balaban J connectivity index is 2.13. The van der Waals surface area contributed by atoms with Crippen LogP contribution in [0.4, 0.5) is 4.79 Å². The molecule has 1 N–H and O–H groups in total. The summed E-state index contributed by atoms with van der Waals surface area (Å²) in [5.74, 6) is -0.948. The van der Waals surface area contributed by atoms with Gasteiger partial charge >= 0.3 is 12.1 Å². The van der Waals surface area contributed by atoms with Gasteiger partial charge in [-0.3, -0.25) is 9.69 Å². The number of hydrogen-bond acceptors (Lipinski definition) is 3. The number of methoxy groups -OCH3 is 1. The third kappa shape index (κ3) is 2.62. The highest BCUT2D eigenvalue weighted by Gasteiger charge is 2.38. The van der Waals surface area contributed by atoms with E-state index in [-0.39, 0.29) is 12.5 Å². The lowest BCUT2D eigenvalue weighted by molar-refractivity contribution is -0.138. The van der Waals surface area contributed by atoms with Crippen molar-refractivity contribution in [2.24, 2.45) is 0 Å². The molecule has 1 amide bonds. The molecule has 3 rings (SSSR count). The molecule has 0 saturated heterocycles. The van der Waals surface area contributed by atoms with Crippen LogP contribution in [0.5, 0.6) is 0 Å². The topological polar surface area (TPSA) is 66.8 Å². The van der Waals surface area contributed by atoms with E-state index in [1.807, 2.05) is 48.5 Å². The Morgan fingerprint density at radius 2 is 1.58 bits per heavy atom. The van der Waals surface area contributed by atoms with Gasteiger partial charge in [-0.05, 0) is 29.2 Å². The molecule has 0 spiro atoms. The number of amides is 1. The minimum absolute atomic E-state index is 0.143. The van der Waals surface area contributed by atoms with Gasteiger partial charge in [-0.15, -0.1) is 0 Å². The highest BCUT2D eigenvalue weighted by molar-refractivity contribution is 5.81. The third-order valence-corrected chi connectivity index (χ3v) is 4.41. The van der Waals surface area contributed by atoms with Crippen LogP contribution in [0.1, 0.15) is 30.5 Å². The lowest BCUT2D eigenvalue weighted by Gasteiger charge is -2.33. The Bertz CT molecular complexity index is 741. The lowest BCUT2D eigenvalue weighted by Crippen LogP contribution is -2.42. The number of ether oxygens (including phenoxy) is 1. The SMILES string of the molecule is COC(=O)N(C1c2ccccc2-c2ccccc21)[C@@H](C)CC(=O)O. The largest absolute Gasteiger partial charge is 0.481 e. The second-order valence-electron chi connectivity index (χ2n) is 5.90. The summed E-state index contributed by atoms with van der Waals surface area (Å²) in [5, 5.41) is 9.14. The highest BCUT2D eigenvalue weighted by Crippen LogP contribution is 2.47. The molecule has 2 aromatic rings. The zero-order valence-corrected chi connectivity index (χ0v) is 13.6. The molecule has 1 atom stereocenters. The molecule has 0 aliphatic heterocycles. The minimum Gasteiger partial charge on any atom is -0.481 e. The Kier molecular flexibility index (Phi) is 4.25. The Hall–Kier alpha value is -2.82. The summed E-state index contributed by atoms with van der Waals surface area (Å²) in [6.45, 7) is 1.73. The number of rotatable bonds is 4. The second kappa shape index (κ2) is 6.35. The monoisotopic (exact) mass is 325 g/mol. The Labute approximate surface area is 140 Å². The molecule has 5 nitrogen and oxygen atoms in total. The molecule has 24 heavy (non-hydrogen) atoms. The Morgan fingerprint density at radius 1 is 1.08 bits per heavy atom. The van der Waals surface area contributed by atoms with Gasteiger partial charge in [0.15, 0.2) is 0 Å². The van der Waals surface area contributed by atoms with E-state index in [4.69, 9.17) is 9.84 Å². The molecule has 0 saturated carbocycles. The first-order valence-electron chi connectivity index (χ1n) is 7.81. The van der Waals surface area contributed by atoms with Crippen molar-refractivity contribution >= 4 is 12.1 Å². The van der Waals surface area contributed by atoms with E-state index in [1.165, 1.54) is 12.0 Å². The van der Waals surface area contributed by atoms with Gasteiger partial charge in [0.2, 0.25) is 0 Å². The van der Waals surface area contributed by atoms with Crippen molar-refractivity contribution in [3.63, 3.8) is 0 Å². The standard InChI is InChI=1S/C19H19NO4/c1-12(11-17(21)22)20(19(23)24-2)18-15-9-5-3-7-13(15)14-8-4-6-10-16(14)18/h3-10,12,18H,11H2,1-2H3,(H,21,22)/t12-/m0/s1. The second-order valence-corrected chi connectivity index (χ2v) is 5.90. The Morgan fingerprint density at radius 3 is 2.04 bits per heavy atom. The summed E-state index contributed by atoms with van der Waals surface area (Å²) in [5.41, 5.74) is 4.10. The van der Waals surface area contributed by atoms with E-state index < -0.39 is 18.1 Å². The summed E-state index contributed by atoms with van der Waals surface area (Å²) < 4.78 is 4.95. The van der Waals surface area contributed by atoms with Crippen LogP contribution in [-0.2, 0) is 9.53 Å². The number of carbonyl (C=O) groups excluding carboxylic acids is 1. The van der Waals surface area contributed by atoms with Crippen LogP contribution < -0.4 is 0 Å². The molecule has 1 aliphatic carbocycles. The van der Waals surface area contributed by atoms with E-state index >= 15 is 0 Å². The smallest absolute Gasteiger partial charge is 0.410 e. The summed E-state index contributed by atoms with van der Waals surface area (Å²) in [4.78, 5) is 25.1. The van der Waals surface area contributed by atoms with Crippen molar-refractivity contribution in [3.8, 4) is 11.1 Å². The van der Waals surface area contributed by atoms with Crippen LogP contribution in [0.15, 0.2) is 48.5 Å². The molecular weight excluding hydrogens is 306 g/mol. The first-order chi connectivity index (χ1) is 11.5. The van der Waals surface area contributed by atoms with Gasteiger partial charge in [-0.1, -0.05) is 48.5 Å². The van der Waals surface area contributed by atoms with Gasteiger partial charge < -0.3 is 9.84 Å². The number of carboxylic acids is 1. The molecule has 0 radical (unpaired) electrons. The predicted molar refractivity (Wildman–Crippen MR) is 89.7 cm³/mol. The maximum Gasteiger partial charge on any atom is 0.410 e. The van der Waals surface area contributed by atoms with Gasteiger partial charge in [-0.25, -0.2) is 4.79 Å². The van der Waals surface area contributed by atoms with E-state index in [2.05, 4.69) is 0 Å². The molecule has 124 valence electrons. The van der Waals surface area contributed by atoms with Gasteiger partial charge in [0.25, 0.3) is 0 Å². The average molecular weight is 325 g/mol. The average Bonchev–Trinajstić information content (AvgIpc) is 2.89. The van der Waals surface area contributed by atoms with Crippen molar-refractivity contribution in [3.05, 3.63) is 59.7 Å². The molecule has 0 heterocycles. The summed E-state index contributed by atoms with van der Waals surface area (Å²) >= 11 is 0. The number of nitrogens with zero attached hydrogens (tertiary/aromatic N) is 1. The molecule has 5 heteroatoms. The van der Waals surface area contributed by atoms with Gasteiger partial charge in [0.1, 0.15) is 0 Å². The van der Waals surface area contributed by atoms with Gasteiger partial charge in [-0.2, -0.15) is 0 Å². The molecule has 0 fully saturated rings. The van der Waals surface area contributed by atoms with Crippen LogP contribution in [-0.4, -0.2) is 35.2 Å². The molecule has 0 unspecified atom stereocenters. The third-order valence-electron chi connectivity index (χ3n) is 4.41. The van der Waals surface area contributed by atoms with Gasteiger partial charge in [0.05, 0.1) is 19.6 Å². The first kappa shape index (κ1) is 16.1. The van der Waals surface area contributed by atoms with Crippen LogP contribution in [0.25, 0.3) is 11.1 Å². The van der Waals surface area contributed by atoms with Crippen LogP contribution in [0, 0.1) is 0 Å². The number of carboxylic acid groups (broad SMARTS) is 1. The number of benzene rings is 2. The summed E-state index contributed by atoms with van der Waals surface area (Å²) in [7, 11) is 1.32. The summed E-state index contributed by atoms with van der Waals surface area (Å²) in [6.07, 6.45) is -0.670. The zero-order valence-electron chi connectivity index (χ0n) is 13.6. The molecule has 1 aliphatic rings. The fraction of sp³-hybridized carbons (Fsp3) is 0.263. The number of fused-ring (bicyclic) bond motifs is 3. The van der Waals surface area contributed by atoms with Crippen LogP contribution >= 0.6 is 0 Å². The van der Waals surface area contributed by atoms with E-state index in [9.17, 15) is 9.59 Å². The minimum atomic E-state index is -0.948. The van der Waals surface area contributed by atoms with Crippen LogP contribution in [0.3, 0.4) is 0 Å². The fourth-order valence-electron chi connectivity index (χ4n) is 3.42. The molecule has 0 aromatic heterocycles. The molecule has 0 bridgehead atoms. The quantitative estimate of drug-likeness (QED) is 0.931. The number of hydrogen-bond donors (Lipinski definition) is 1. The summed E-state index contributed by atoms with van der Waals surface area (Å²) in [6, 6.07) is 14.9. The van der Waals surface area contributed by atoms with Crippen molar-refractivity contribution in [2.45, 2.75) is 25.4 Å². The van der Waals surface area contributed by atoms with Crippen molar-refractivity contribution < 1.29 is 19.4 Å². The lowest BCUT2D eigenvalue weighted by atomic mass is 10.0. The zero-order chi connectivity index (χ0) is 17.3. The highest BCUT2D eigenvalue weighted by atomic mass is 16.5. The van der Waals surface area contributed by atoms with Crippen molar-refractivity contribution in [1.29, 1.82) is 0 Å². The van der Waals surface area contributed by atoms with Crippen molar-refractivity contribution in [1.82, 2.24) is 4.90 Å². The first-order valence-corrected chi connectivity index (χ1v) is 7.81. The fourth-order valence-corrected chi connectivity index (χ4v) is 3.42. The molecular formula is C19H19NO4. The van der Waals surface area contributed by atoms with Crippen molar-refractivity contribution in [2.75, 3.05) is 7.11 Å². The van der Waals surface area contributed by atoms with Crippen LogP contribution in [0.2, 0.25) is 0 Å². The van der Waals surface area contributed by atoms with E-state index in [0.717, 1.165) is 22.3 Å². The maximum absolute atomic E-state index is 12.5. The van der Waals surface area contributed by atoms with E-state index in [0.29, 0.717) is 0 Å². The van der Waals surface area contributed by atoms with Gasteiger partial charge in [0, 0.05) is 6.04 Å². The normalized spacial score (nSPS) is 13.8. The number of carbonyl (C=O) groups is 2. The molecule has 2 aromatic carbocycles. The number of aliphatic carboxylic acids is 1. The maximum atomic E-state index is 12.5.